The van der Waals surface area contributed by atoms with Crippen LogP contribution in [0.25, 0.3) is 0 Å². The van der Waals surface area contributed by atoms with Crippen molar-refractivity contribution in [3.8, 4) is 0 Å². The molecule has 1 saturated carbocycles. The maximum atomic E-state index is 12.8. The van der Waals surface area contributed by atoms with Crippen molar-refractivity contribution in [1.29, 1.82) is 0 Å². The summed E-state index contributed by atoms with van der Waals surface area (Å²) < 4.78 is 34.2. The first-order valence-electron chi connectivity index (χ1n) is 24.7. The molecule has 1 aliphatic carbocycles. The summed E-state index contributed by atoms with van der Waals surface area (Å²) in [6.07, 6.45) is 32.4. The minimum absolute atomic E-state index is 0.0767. The Morgan fingerprint density at radius 1 is 0.525 bits per heavy atom. The van der Waals surface area contributed by atoms with E-state index < -0.39 is 63.1 Å². The predicted molar refractivity (Wildman–Crippen MR) is 244 cm³/mol. The van der Waals surface area contributed by atoms with E-state index in [1.54, 1.807) is 0 Å². The first-order valence-corrected chi connectivity index (χ1v) is 26.2. The Morgan fingerprint density at radius 2 is 0.918 bits per heavy atom. The molecule has 6 atom stereocenters. The Bertz CT molecular complexity index is 1110. The zero-order chi connectivity index (χ0) is 44.8. The van der Waals surface area contributed by atoms with Gasteiger partial charge in [0.1, 0.15) is 42.7 Å². The summed E-state index contributed by atoms with van der Waals surface area (Å²) in [5.74, 6) is -0.476. The van der Waals surface area contributed by atoms with Crippen LogP contribution in [0.4, 0.5) is 0 Å². The predicted octanol–water partition coefficient (Wildman–Crippen LogP) is 10.5. The second-order valence-corrected chi connectivity index (χ2v) is 18.7. The van der Waals surface area contributed by atoms with Crippen molar-refractivity contribution in [1.82, 2.24) is 0 Å². The Labute approximate surface area is 370 Å². The van der Waals surface area contributed by atoms with Crippen molar-refractivity contribution < 1.29 is 58.3 Å². The van der Waals surface area contributed by atoms with Crippen LogP contribution < -0.4 is 0 Å². The molecule has 6 N–H and O–H groups in total. The van der Waals surface area contributed by atoms with Crippen molar-refractivity contribution in [3.63, 3.8) is 0 Å². The molecule has 360 valence electrons. The monoisotopic (exact) mass is 891 g/mol. The summed E-state index contributed by atoms with van der Waals surface area (Å²) in [4.78, 5) is 23.2. The minimum atomic E-state index is -5.02. The smallest absolute Gasteiger partial charge is 0.457 e. The summed E-state index contributed by atoms with van der Waals surface area (Å²) in [7, 11) is -5.02. The molecule has 1 fully saturated rings. The van der Waals surface area contributed by atoms with E-state index in [9.17, 15) is 39.8 Å². The fraction of sp³-hybridized carbons (Fsp3) is 0.896. The molecule has 0 saturated heterocycles. The zero-order valence-electron chi connectivity index (χ0n) is 38.5. The van der Waals surface area contributed by atoms with Gasteiger partial charge in [-0.2, -0.15) is 0 Å². The molecule has 0 bridgehead atoms. The maximum absolute atomic E-state index is 12.8. The van der Waals surface area contributed by atoms with E-state index in [-0.39, 0.29) is 13.0 Å². The Balaban J connectivity index is 2.36. The van der Waals surface area contributed by atoms with Gasteiger partial charge in [0.25, 0.3) is 0 Å². The Kier molecular flexibility index (Phi) is 37.2. The van der Waals surface area contributed by atoms with Crippen LogP contribution in [0.15, 0.2) is 24.3 Å². The fourth-order valence-corrected chi connectivity index (χ4v) is 8.59. The number of phosphoric ester groups is 1. The normalized spacial score (nSPS) is 22.3. The molecular weight excluding hydrogens is 799 g/mol. The molecular formula is C48H91O12P. The number of hydrogen-bond acceptors (Lipinski definition) is 11. The van der Waals surface area contributed by atoms with Gasteiger partial charge in [0.05, 0.1) is 13.2 Å². The van der Waals surface area contributed by atoms with Gasteiger partial charge in [-0.05, 0) is 44.9 Å². The lowest BCUT2D eigenvalue weighted by atomic mass is 9.85. The van der Waals surface area contributed by atoms with Gasteiger partial charge in [0.15, 0.2) is 0 Å². The standard InChI is InChI=1S/C48H91O12P/c1-3-5-7-9-11-13-15-17-19-21-22-24-26-28-30-32-34-36-38-57-39-41(40-58-61(55,56)60-48-46(53)44(51)43(50)45(52)47(48)54)59-42(49)37-35-33-31-29-27-25-23-20-18-16-14-12-10-8-6-4-2/h11,13,17,19,41,43-48,50-54H,3-10,12,14-16,18,20-40H2,1-2H3,(H,55,56)/b13-11-,19-17-. The average molecular weight is 891 g/mol. The first kappa shape index (κ1) is 57.8. The number of phosphoric acid groups is 1. The van der Waals surface area contributed by atoms with E-state index in [0.717, 1.165) is 57.8 Å². The third kappa shape index (κ3) is 31.4. The van der Waals surface area contributed by atoms with E-state index in [2.05, 4.69) is 38.2 Å². The van der Waals surface area contributed by atoms with Crippen molar-refractivity contribution in [3.05, 3.63) is 24.3 Å². The molecule has 0 aromatic rings. The minimum Gasteiger partial charge on any atom is -0.457 e. The van der Waals surface area contributed by atoms with E-state index in [4.69, 9.17) is 18.5 Å². The molecule has 61 heavy (non-hydrogen) atoms. The van der Waals surface area contributed by atoms with Crippen LogP contribution >= 0.6 is 7.82 Å². The number of allylic oxidation sites excluding steroid dienone is 4. The number of ether oxygens (including phenoxy) is 2. The zero-order valence-corrected chi connectivity index (χ0v) is 39.4. The van der Waals surface area contributed by atoms with Gasteiger partial charge >= 0.3 is 13.8 Å². The van der Waals surface area contributed by atoms with Crippen LogP contribution in [0, 0.1) is 0 Å². The van der Waals surface area contributed by atoms with E-state index in [1.807, 2.05) is 0 Å². The highest BCUT2D eigenvalue weighted by atomic mass is 31.2. The molecule has 0 aromatic heterocycles. The second-order valence-electron chi connectivity index (χ2n) is 17.3. The van der Waals surface area contributed by atoms with Gasteiger partial charge in [-0.15, -0.1) is 0 Å². The van der Waals surface area contributed by atoms with Gasteiger partial charge in [-0.1, -0.05) is 186 Å². The van der Waals surface area contributed by atoms with Crippen LogP contribution in [0.5, 0.6) is 0 Å². The van der Waals surface area contributed by atoms with Gasteiger partial charge in [0.2, 0.25) is 0 Å². The highest BCUT2D eigenvalue weighted by Gasteiger charge is 2.51. The Hall–Kier alpha value is -1.18. The van der Waals surface area contributed by atoms with Gasteiger partial charge < -0.3 is 39.9 Å². The summed E-state index contributed by atoms with van der Waals surface area (Å²) in [5, 5.41) is 50.2. The summed E-state index contributed by atoms with van der Waals surface area (Å²) >= 11 is 0. The van der Waals surface area contributed by atoms with E-state index in [0.29, 0.717) is 13.0 Å². The van der Waals surface area contributed by atoms with Crippen molar-refractivity contribution in [2.45, 2.75) is 256 Å². The van der Waals surface area contributed by atoms with Gasteiger partial charge in [-0.3, -0.25) is 13.8 Å². The number of hydrogen-bond donors (Lipinski definition) is 6. The highest BCUT2D eigenvalue weighted by Crippen LogP contribution is 2.47. The summed E-state index contributed by atoms with van der Waals surface area (Å²) in [5.41, 5.74) is 0. The molecule has 0 radical (unpaired) electrons. The van der Waals surface area contributed by atoms with Crippen LogP contribution in [0.3, 0.4) is 0 Å². The molecule has 6 unspecified atom stereocenters. The maximum Gasteiger partial charge on any atom is 0.472 e. The number of rotatable bonds is 42. The molecule has 0 heterocycles. The average Bonchev–Trinajstić information content (AvgIpc) is 3.24. The van der Waals surface area contributed by atoms with Gasteiger partial charge in [-0.25, -0.2) is 4.57 Å². The topological polar surface area (TPSA) is 192 Å². The van der Waals surface area contributed by atoms with Crippen molar-refractivity contribution in [2.75, 3.05) is 19.8 Å². The third-order valence-electron chi connectivity index (χ3n) is 11.6. The number of esters is 1. The molecule has 12 nitrogen and oxygen atoms in total. The van der Waals surface area contributed by atoms with Crippen molar-refractivity contribution >= 4 is 13.8 Å². The third-order valence-corrected chi connectivity index (χ3v) is 12.6. The number of aliphatic hydroxyl groups excluding tert-OH is 5. The summed E-state index contributed by atoms with van der Waals surface area (Å²) in [6.45, 7) is 4.25. The number of unbranched alkanes of at least 4 members (excludes halogenated alkanes) is 26. The quantitative estimate of drug-likeness (QED) is 0.0147. The van der Waals surface area contributed by atoms with Crippen LogP contribution in [0.1, 0.15) is 213 Å². The second kappa shape index (κ2) is 39.2. The van der Waals surface area contributed by atoms with Crippen LogP contribution in [-0.4, -0.2) is 98.9 Å². The lowest BCUT2D eigenvalue weighted by molar-refractivity contribution is -0.220. The molecule has 0 aliphatic heterocycles. The molecule has 0 aromatic carbocycles. The van der Waals surface area contributed by atoms with Gasteiger partial charge in [0, 0.05) is 13.0 Å². The molecule has 13 heteroatoms. The fourth-order valence-electron chi connectivity index (χ4n) is 7.62. The van der Waals surface area contributed by atoms with E-state index >= 15 is 0 Å². The lowest BCUT2D eigenvalue weighted by Crippen LogP contribution is -2.64. The number of aliphatic hydroxyl groups is 5. The van der Waals surface area contributed by atoms with Crippen LogP contribution in [0.2, 0.25) is 0 Å². The SMILES string of the molecule is CCCCC/C=C\C/C=C\CCCCCCCCCCOCC(COP(=O)(O)OC1C(O)C(O)C(O)C(O)C1O)OC(=O)CCCCCCCCCCCCCCCCCC. The molecule has 1 rings (SSSR count). The van der Waals surface area contributed by atoms with E-state index in [1.165, 1.54) is 128 Å². The lowest BCUT2D eigenvalue weighted by Gasteiger charge is -2.41. The first-order chi connectivity index (χ1) is 29.5. The largest absolute Gasteiger partial charge is 0.472 e. The molecule has 0 amide bonds. The molecule has 0 spiro atoms. The molecule has 1 aliphatic rings. The van der Waals surface area contributed by atoms with Crippen LogP contribution in [-0.2, 0) is 27.9 Å². The number of carbonyl (C=O) groups is 1. The number of carbonyl (C=O) groups excluding carboxylic acids is 1. The van der Waals surface area contributed by atoms with Crippen molar-refractivity contribution in [2.24, 2.45) is 0 Å². The Morgan fingerprint density at radius 3 is 1.41 bits per heavy atom. The highest BCUT2D eigenvalue weighted by molar-refractivity contribution is 7.47. The summed E-state index contributed by atoms with van der Waals surface area (Å²) in [6, 6.07) is 0.